The molecule has 7 nitrogen and oxygen atoms in total. The summed E-state index contributed by atoms with van der Waals surface area (Å²) >= 11 is 5.83. The number of rotatable bonds is 7. The van der Waals surface area contributed by atoms with E-state index in [0.29, 0.717) is 11.6 Å². The van der Waals surface area contributed by atoms with E-state index >= 15 is 0 Å². The predicted molar refractivity (Wildman–Crippen MR) is 75.3 cm³/mol. The minimum absolute atomic E-state index is 0.0473. The number of aromatic nitrogens is 1. The second kappa shape index (κ2) is 7.68. The lowest BCUT2D eigenvalue weighted by Gasteiger charge is -2.14. The minimum atomic E-state index is -1.21. The molecule has 1 atom stereocenters. The fourth-order valence-electron chi connectivity index (χ4n) is 1.78. The van der Waals surface area contributed by atoms with E-state index in [-0.39, 0.29) is 18.5 Å². The highest BCUT2D eigenvalue weighted by Gasteiger charge is 2.23. The van der Waals surface area contributed by atoms with Crippen LogP contribution in [-0.2, 0) is 20.9 Å². The third-order valence-corrected chi connectivity index (χ3v) is 3.11. The van der Waals surface area contributed by atoms with Crippen molar-refractivity contribution in [3.05, 3.63) is 23.0 Å². The van der Waals surface area contributed by atoms with Gasteiger partial charge in [0.05, 0.1) is 12.1 Å². The number of carboxylic acid groups (broad SMARTS) is 1. The van der Waals surface area contributed by atoms with Crippen molar-refractivity contribution >= 4 is 29.4 Å². The SMILES string of the molecule is CCn1cc(Cl)cc1C(=O)N[C@@H](CCC(=O)OC)C(=O)O. The number of carbonyl (C=O) groups excluding carboxylic acids is 2. The molecular formula is C13H17ClN2O5. The monoisotopic (exact) mass is 316 g/mol. The van der Waals surface area contributed by atoms with Crippen molar-refractivity contribution in [2.24, 2.45) is 0 Å². The Morgan fingerprint density at radius 1 is 1.48 bits per heavy atom. The zero-order chi connectivity index (χ0) is 16.0. The van der Waals surface area contributed by atoms with E-state index in [4.69, 9.17) is 16.7 Å². The zero-order valence-corrected chi connectivity index (χ0v) is 12.5. The van der Waals surface area contributed by atoms with Crippen LogP contribution in [0.4, 0.5) is 0 Å². The summed E-state index contributed by atoms with van der Waals surface area (Å²) in [7, 11) is 1.22. The molecule has 0 aliphatic rings. The summed E-state index contributed by atoms with van der Waals surface area (Å²) in [6.07, 6.45) is 1.44. The van der Waals surface area contributed by atoms with Gasteiger partial charge in [-0.25, -0.2) is 4.79 Å². The standard InChI is InChI=1S/C13H17ClN2O5/c1-3-16-7-8(14)6-10(16)12(18)15-9(13(19)20)4-5-11(17)21-2/h6-7,9H,3-5H2,1-2H3,(H,15,18)(H,19,20)/t9-/m0/s1. The van der Waals surface area contributed by atoms with Gasteiger partial charge in [0.15, 0.2) is 0 Å². The molecule has 0 radical (unpaired) electrons. The smallest absolute Gasteiger partial charge is 0.326 e. The van der Waals surface area contributed by atoms with Crippen molar-refractivity contribution in [3.63, 3.8) is 0 Å². The molecule has 0 bridgehead atoms. The number of hydrogen-bond acceptors (Lipinski definition) is 4. The first-order chi connectivity index (χ1) is 9.88. The van der Waals surface area contributed by atoms with Crippen LogP contribution in [0.25, 0.3) is 0 Å². The summed E-state index contributed by atoms with van der Waals surface area (Å²) in [5.74, 6) is -2.30. The number of halogens is 1. The minimum Gasteiger partial charge on any atom is -0.480 e. The van der Waals surface area contributed by atoms with Crippen molar-refractivity contribution in [3.8, 4) is 0 Å². The van der Waals surface area contributed by atoms with Crippen LogP contribution in [0.15, 0.2) is 12.3 Å². The van der Waals surface area contributed by atoms with Gasteiger partial charge in [-0.2, -0.15) is 0 Å². The molecule has 1 heterocycles. The fraction of sp³-hybridized carbons (Fsp3) is 0.462. The van der Waals surface area contributed by atoms with Crippen molar-refractivity contribution in [1.29, 1.82) is 0 Å². The Kier molecular flexibility index (Phi) is 6.23. The maximum absolute atomic E-state index is 12.1. The Morgan fingerprint density at radius 3 is 2.67 bits per heavy atom. The molecule has 116 valence electrons. The Morgan fingerprint density at radius 2 is 2.14 bits per heavy atom. The normalized spacial score (nSPS) is 11.8. The molecule has 8 heteroatoms. The van der Waals surface area contributed by atoms with Crippen LogP contribution >= 0.6 is 11.6 Å². The Labute approximate surface area is 126 Å². The van der Waals surface area contributed by atoms with Crippen LogP contribution in [0.5, 0.6) is 0 Å². The molecule has 1 aromatic heterocycles. The van der Waals surface area contributed by atoms with Crippen molar-refractivity contribution in [1.82, 2.24) is 9.88 Å². The Hall–Kier alpha value is -2.02. The van der Waals surface area contributed by atoms with E-state index in [0.717, 1.165) is 0 Å². The molecule has 0 aliphatic carbocycles. The second-order valence-electron chi connectivity index (χ2n) is 4.31. The maximum atomic E-state index is 12.1. The third-order valence-electron chi connectivity index (χ3n) is 2.90. The number of esters is 1. The van der Waals surface area contributed by atoms with E-state index < -0.39 is 23.9 Å². The van der Waals surface area contributed by atoms with Crippen LogP contribution in [0.1, 0.15) is 30.3 Å². The molecule has 0 unspecified atom stereocenters. The first kappa shape index (κ1) is 17.0. The van der Waals surface area contributed by atoms with Crippen molar-refractivity contribution in [2.75, 3.05) is 7.11 Å². The molecule has 0 saturated heterocycles. The number of nitrogens with one attached hydrogen (secondary N) is 1. The molecule has 21 heavy (non-hydrogen) atoms. The first-order valence-electron chi connectivity index (χ1n) is 6.35. The summed E-state index contributed by atoms with van der Waals surface area (Å²) in [4.78, 5) is 34.3. The number of carboxylic acids is 1. The van der Waals surface area contributed by atoms with E-state index in [1.54, 1.807) is 10.8 Å². The van der Waals surface area contributed by atoms with Crippen molar-refractivity contribution < 1.29 is 24.2 Å². The van der Waals surface area contributed by atoms with Gasteiger partial charge in [-0.1, -0.05) is 11.6 Å². The molecular weight excluding hydrogens is 300 g/mol. The van der Waals surface area contributed by atoms with Gasteiger partial charge in [0, 0.05) is 19.2 Å². The van der Waals surface area contributed by atoms with Gasteiger partial charge in [0.2, 0.25) is 0 Å². The van der Waals surface area contributed by atoms with Gasteiger partial charge in [-0.15, -0.1) is 0 Å². The number of aryl methyl sites for hydroxylation is 1. The topological polar surface area (TPSA) is 97.6 Å². The van der Waals surface area contributed by atoms with Gasteiger partial charge >= 0.3 is 11.9 Å². The lowest BCUT2D eigenvalue weighted by Crippen LogP contribution is -2.41. The third kappa shape index (κ3) is 4.78. The molecule has 1 amide bonds. The molecule has 1 rings (SSSR count). The quantitative estimate of drug-likeness (QED) is 0.739. The number of aliphatic carboxylic acids is 1. The van der Waals surface area contributed by atoms with Crippen LogP contribution in [0, 0.1) is 0 Å². The highest BCUT2D eigenvalue weighted by atomic mass is 35.5. The number of amides is 1. The molecule has 0 fully saturated rings. The highest BCUT2D eigenvalue weighted by molar-refractivity contribution is 6.31. The van der Waals surface area contributed by atoms with E-state index in [9.17, 15) is 14.4 Å². The molecule has 0 spiro atoms. The average Bonchev–Trinajstić information content (AvgIpc) is 2.83. The largest absolute Gasteiger partial charge is 0.480 e. The van der Waals surface area contributed by atoms with Gasteiger partial charge in [0.25, 0.3) is 5.91 Å². The van der Waals surface area contributed by atoms with E-state index in [1.807, 2.05) is 6.92 Å². The van der Waals surface area contributed by atoms with Gasteiger partial charge in [-0.3, -0.25) is 9.59 Å². The Bertz CT molecular complexity index is 541. The maximum Gasteiger partial charge on any atom is 0.326 e. The second-order valence-corrected chi connectivity index (χ2v) is 4.75. The summed E-state index contributed by atoms with van der Waals surface area (Å²) in [6.45, 7) is 2.36. The van der Waals surface area contributed by atoms with Crippen LogP contribution in [0.3, 0.4) is 0 Å². The number of ether oxygens (including phenoxy) is 1. The highest BCUT2D eigenvalue weighted by Crippen LogP contribution is 2.14. The Balaban J connectivity index is 2.76. The number of hydrogen-bond donors (Lipinski definition) is 2. The van der Waals surface area contributed by atoms with Crippen LogP contribution in [-0.4, -0.2) is 40.7 Å². The fourth-order valence-corrected chi connectivity index (χ4v) is 2.00. The van der Waals surface area contributed by atoms with Crippen LogP contribution < -0.4 is 5.32 Å². The van der Waals surface area contributed by atoms with Gasteiger partial charge in [0.1, 0.15) is 11.7 Å². The summed E-state index contributed by atoms with van der Waals surface area (Å²) < 4.78 is 6.05. The van der Waals surface area contributed by atoms with Crippen molar-refractivity contribution in [2.45, 2.75) is 32.4 Å². The molecule has 1 aromatic rings. The van der Waals surface area contributed by atoms with Crippen LogP contribution in [0.2, 0.25) is 5.02 Å². The number of methoxy groups -OCH3 is 1. The van der Waals surface area contributed by atoms with E-state index in [2.05, 4.69) is 10.1 Å². The lowest BCUT2D eigenvalue weighted by atomic mass is 10.1. The van der Waals surface area contributed by atoms with Gasteiger partial charge < -0.3 is 19.7 Å². The molecule has 2 N–H and O–H groups in total. The van der Waals surface area contributed by atoms with Gasteiger partial charge in [-0.05, 0) is 19.4 Å². The lowest BCUT2D eigenvalue weighted by molar-refractivity contribution is -0.142. The summed E-state index contributed by atoms with van der Waals surface area (Å²) in [6, 6.07) is 0.287. The molecule has 0 aromatic carbocycles. The summed E-state index contributed by atoms with van der Waals surface area (Å²) in [5.41, 5.74) is 0.270. The summed E-state index contributed by atoms with van der Waals surface area (Å²) in [5, 5.41) is 11.9. The number of nitrogens with zero attached hydrogens (tertiary/aromatic N) is 1. The number of carbonyl (C=O) groups is 3. The zero-order valence-electron chi connectivity index (χ0n) is 11.8. The first-order valence-corrected chi connectivity index (χ1v) is 6.73. The predicted octanol–water partition coefficient (Wildman–Crippen LogP) is 1.30. The molecule has 0 saturated carbocycles. The molecule has 0 aliphatic heterocycles. The van der Waals surface area contributed by atoms with E-state index in [1.165, 1.54) is 13.2 Å². The average molecular weight is 317 g/mol.